The van der Waals surface area contributed by atoms with Crippen molar-refractivity contribution in [3.8, 4) is 0 Å². The number of hydrogen-bond donors (Lipinski definition) is 0. The van der Waals surface area contributed by atoms with Crippen molar-refractivity contribution in [1.29, 1.82) is 0 Å². The van der Waals surface area contributed by atoms with Gasteiger partial charge in [-0.05, 0) is 42.9 Å². The van der Waals surface area contributed by atoms with Gasteiger partial charge in [0.05, 0.1) is 11.8 Å². The van der Waals surface area contributed by atoms with Crippen LogP contribution in [0.1, 0.15) is 52.9 Å². The molecule has 0 N–H and O–H groups in total. The molecule has 4 atom stereocenters. The van der Waals surface area contributed by atoms with Gasteiger partial charge in [0.2, 0.25) is 15.9 Å². The zero-order valence-electron chi connectivity index (χ0n) is 13.8. The van der Waals surface area contributed by atoms with E-state index >= 15 is 0 Å². The van der Waals surface area contributed by atoms with Crippen LogP contribution in [0.15, 0.2) is 12.7 Å². The summed E-state index contributed by atoms with van der Waals surface area (Å²) in [4.78, 5) is 12.7. The molecule has 2 aliphatic carbocycles. The van der Waals surface area contributed by atoms with Crippen LogP contribution in [0.2, 0.25) is 0 Å². The lowest BCUT2D eigenvalue weighted by atomic mass is 9.69. The van der Waals surface area contributed by atoms with E-state index in [1.165, 1.54) is 4.31 Å². The van der Waals surface area contributed by atoms with E-state index in [0.717, 1.165) is 25.7 Å². The maximum absolute atomic E-state index is 12.7. The van der Waals surface area contributed by atoms with Gasteiger partial charge in [0, 0.05) is 11.8 Å². The van der Waals surface area contributed by atoms with Gasteiger partial charge in [-0.1, -0.05) is 26.8 Å². The van der Waals surface area contributed by atoms with Gasteiger partial charge in [0.1, 0.15) is 0 Å². The highest BCUT2D eigenvalue weighted by Gasteiger charge is 2.72. The first-order valence-electron chi connectivity index (χ1n) is 8.31. The Labute approximate surface area is 134 Å². The third-order valence-corrected chi connectivity index (χ3v) is 8.69. The molecule has 0 radical (unpaired) electrons. The molecule has 5 heteroatoms. The van der Waals surface area contributed by atoms with Gasteiger partial charge in [0.25, 0.3) is 0 Å². The SMILES string of the molecule is C=CC[C@H](C)CC(=O)N1C2CC3CCC2(CS1(=O)=O)C3(C)C. The van der Waals surface area contributed by atoms with E-state index in [4.69, 9.17) is 0 Å². The number of hydrogen-bond acceptors (Lipinski definition) is 3. The number of carbonyl (C=O) groups is 1. The minimum atomic E-state index is -3.46. The normalized spacial score (nSPS) is 38.8. The lowest BCUT2D eigenvalue weighted by Gasteiger charge is -2.37. The second-order valence-corrected chi connectivity index (χ2v) is 9.99. The van der Waals surface area contributed by atoms with Crippen LogP contribution in [-0.4, -0.2) is 30.4 Å². The summed E-state index contributed by atoms with van der Waals surface area (Å²) < 4.78 is 26.7. The van der Waals surface area contributed by atoms with Crippen molar-refractivity contribution >= 4 is 15.9 Å². The molecule has 3 rings (SSSR count). The van der Waals surface area contributed by atoms with Gasteiger partial charge in [-0.25, -0.2) is 12.7 Å². The predicted octanol–water partition coefficient (Wildman–Crippen LogP) is 2.96. The molecule has 1 amide bonds. The number of sulfonamides is 1. The van der Waals surface area contributed by atoms with Crippen molar-refractivity contribution in [2.75, 3.05) is 5.75 Å². The monoisotopic (exact) mass is 325 g/mol. The molecule has 3 aliphatic rings. The molecule has 1 spiro atoms. The highest BCUT2D eigenvalue weighted by atomic mass is 32.2. The van der Waals surface area contributed by atoms with Crippen LogP contribution in [0.5, 0.6) is 0 Å². The molecule has 124 valence electrons. The van der Waals surface area contributed by atoms with Crippen LogP contribution in [0.3, 0.4) is 0 Å². The van der Waals surface area contributed by atoms with Crippen molar-refractivity contribution in [2.45, 2.75) is 58.9 Å². The number of carbonyl (C=O) groups excluding carboxylic acids is 1. The van der Waals surface area contributed by atoms with E-state index in [1.54, 1.807) is 6.08 Å². The van der Waals surface area contributed by atoms with Crippen molar-refractivity contribution in [2.24, 2.45) is 22.7 Å². The second-order valence-electron chi connectivity index (χ2n) is 8.14. The van der Waals surface area contributed by atoms with E-state index in [9.17, 15) is 13.2 Å². The molecule has 3 unspecified atom stereocenters. The molecule has 1 saturated heterocycles. The quantitative estimate of drug-likeness (QED) is 0.747. The van der Waals surface area contributed by atoms with E-state index in [2.05, 4.69) is 20.4 Å². The minimum Gasteiger partial charge on any atom is -0.274 e. The van der Waals surface area contributed by atoms with Gasteiger partial charge in [0.15, 0.2) is 0 Å². The molecule has 1 aliphatic heterocycles. The highest BCUT2D eigenvalue weighted by molar-refractivity contribution is 7.90. The van der Waals surface area contributed by atoms with Crippen molar-refractivity contribution < 1.29 is 13.2 Å². The molecule has 22 heavy (non-hydrogen) atoms. The Hall–Kier alpha value is -0.840. The average molecular weight is 325 g/mol. The number of rotatable bonds is 4. The van der Waals surface area contributed by atoms with Crippen LogP contribution in [0.4, 0.5) is 0 Å². The molecule has 0 aromatic heterocycles. The molecule has 0 aromatic rings. The van der Waals surface area contributed by atoms with Gasteiger partial charge in [-0.2, -0.15) is 0 Å². The summed E-state index contributed by atoms with van der Waals surface area (Å²) in [6, 6.07) is -0.102. The van der Waals surface area contributed by atoms with Crippen molar-refractivity contribution in [3.63, 3.8) is 0 Å². The standard InChI is InChI=1S/C17H27NO3S/c1-5-6-12(2)9-15(19)18-14-10-13-7-8-17(14,16(13,3)4)11-22(18,20)21/h5,12-14H,1,6-11H2,2-4H3/t12-,13?,14?,17?/m0/s1. The molecular formula is C17H27NO3S. The summed E-state index contributed by atoms with van der Waals surface area (Å²) in [5, 5.41) is 0. The Kier molecular flexibility index (Phi) is 3.52. The van der Waals surface area contributed by atoms with Gasteiger partial charge in [-0.15, -0.1) is 6.58 Å². The number of allylic oxidation sites excluding steroid dienone is 1. The first-order chi connectivity index (χ1) is 10.2. The summed E-state index contributed by atoms with van der Waals surface area (Å²) in [5.74, 6) is 0.646. The summed E-state index contributed by atoms with van der Waals surface area (Å²) in [7, 11) is -3.46. The maximum atomic E-state index is 12.7. The van der Waals surface area contributed by atoms with Gasteiger partial charge >= 0.3 is 0 Å². The smallest absolute Gasteiger partial charge is 0.238 e. The van der Waals surface area contributed by atoms with E-state index < -0.39 is 10.0 Å². The molecule has 2 saturated carbocycles. The number of nitrogens with zero attached hydrogens (tertiary/aromatic N) is 1. The van der Waals surface area contributed by atoms with Gasteiger partial charge in [-0.3, -0.25) is 4.79 Å². The average Bonchev–Trinajstić information content (AvgIpc) is 2.85. The second kappa shape index (κ2) is 4.83. The zero-order chi connectivity index (χ0) is 16.3. The van der Waals surface area contributed by atoms with Crippen LogP contribution < -0.4 is 0 Å². The Morgan fingerprint density at radius 2 is 2.14 bits per heavy atom. The van der Waals surface area contributed by atoms with Crippen molar-refractivity contribution in [1.82, 2.24) is 4.31 Å². The molecule has 3 fully saturated rings. The molecule has 4 nitrogen and oxygen atoms in total. The van der Waals surface area contributed by atoms with E-state index in [0.29, 0.717) is 12.3 Å². The predicted molar refractivity (Wildman–Crippen MR) is 86.6 cm³/mol. The topological polar surface area (TPSA) is 54.5 Å². The first-order valence-corrected chi connectivity index (χ1v) is 9.92. The summed E-state index contributed by atoms with van der Waals surface area (Å²) in [6.07, 6.45) is 5.73. The van der Waals surface area contributed by atoms with Crippen LogP contribution >= 0.6 is 0 Å². The fourth-order valence-electron chi connectivity index (χ4n) is 5.37. The third-order valence-electron chi connectivity index (χ3n) is 6.75. The summed E-state index contributed by atoms with van der Waals surface area (Å²) in [6.45, 7) is 10.1. The first kappa shape index (κ1) is 16.0. The molecule has 0 aromatic carbocycles. The van der Waals surface area contributed by atoms with Gasteiger partial charge < -0.3 is 0 Å². The van der Waals surface area contributed by atoms with Crippen molar-refractivity contribution in [3.05, 3.63) is 12.7 Å². The summed E-state index contributed by atoms with van der Waals surface area (Å²) >= 11 is 0. The highest BCUT2D eigenvalue weighted by Crippen LogP contribution is 2.70. The minimum absolute atomic E-state index is 0.0203. The van der Waals surface area contributed by atoms with Crippen LogP contribution in [-0.2, 0) is 14.8 Å². The van der Waals surface area contributed by atoms with Crippen LogP contribution in [0, 0.1) is 22.7 Å². The Balaban J connectivity index is 1.90. The summed E-state index contributed by atoms with van der Waals surface area (Å²) in [5.41, 5.74) is -0.194. The number of amides is 1. The Morgan fingerprint density at radius 3 is 2.73 bits per heavy atom. The Bertz CT molecular complexity index is 609. The third kappa shape index (κ3) is 1.93. The molecular weight excluding hydrogens is 298 g/mol. The van der Waals surface area contributed by atoms with Crippen LogP contribution in [0.25, 0.3) is 0 Å². The molecule has 2 bridgehead atoms. The Morgan fingerprint density at radius 1 is 1.45 bits per heavy atom. The maximum Gasteiger partial charge on any atom is 0.238 e. The fourth-order valence-corrected chi connectivity index (χ4v) is 7.93. The zero-order valence-corrected chi connectivity index (χ0v) is 14.7. The van der Waals surface area contributed by atoms with E-state index in [-0.39, 0.29) is 34.4 Å². The fraction of sp³-hybridized carbons (Fsp3) is 0.824. The number of fused-ring (bicyclic) bond motifs is 1. The molecule has 1 heterocycles. The lowest BCUT2D eigenvalue weighted by Crippen LogP contribution is -2.44. The lowest BCUT2D eigenvalue weighted by molar-refractivity contribution is -0.129. The largest absolute Gasteiger partial charge is 0.274 e. The van der Waals surface area contributed by atoms with E-state index in [1.807, 2.05) is 6.92 Å².